The van der Waals surface area contributed by atoms with Gasteiger partial charge in [-0.25, -0.2) is 0 Å². The van der Waals surface area contributed by atoms with Crippen LogP contribution in [0.5, 0.6) is 0 Å². The number of carboxylic acid groups (broad SMARTS) is 1. The molecule has 20 heavy (non-hydrogen) atoms. The first-order chi connectivity index (χ1) is 9.40. The van der Waals surface area contributed by atoms with Crippen LogP contribution in [0.1, 0.15) is 30.1 Å². The fourth-order valence-corrected chi connectivity index (χ4v) is 2.88. The molecule has 1 aliphatic rings. The molecule has 1 heterocycles. The maximum atomic E-state index is 12.5. The van der Waals surface area contributed by atoms with Crippen LogP contribution in [-0.2, 0) is 4.79 Å². The molecule has 1 fully saturated rings. The van der Waals surface area contributed by atoms with Crippen LogP contribution in [0.4, 0.5) is 0 Å². The van der Waals surface area contributed by atoms with E-state index in [1.54, 1.807) is 23.1 Å². The predicted molar refractivity (Wildman–Crippen MR) is 80.0 cm³/mol. The minimum absolute atomic E-state index is 0.0487. The Morgan fingerprint density at radius 1 is 1.40 bits per heavy atom. The zero-order valence-electron chi connectivity index (χ0n) is 11.0. The molecule has 1 aliphatic heterocycles. The van der Waals surface area contributed by atoms with Gasteiger partial charge in [0.05, 0.1) is 10.9 Å². The lowest BCUT2D eigenvalue weighted by Gasteiger charge is -2.36. The number of likely N-dealkylation sites (tertiary alicyclic amines) is 1. The number of carboxylic acids is 1. The van der Waals surface area contributed by atoms with Crippen molar-refractivity contribution in [2.45, 2.75) is 25.8 Å². The van der Waals surface area contributed by atoms with E-state index in [1.165, 1.54) is 0 Å². The first-order valence-electron chi connectivity index (χ1n) is 6.39. The topological polar surface area (TPSA) is 57.6 Å². The van der Waals surface area contributed by atoms with Gasteiger partial charge in [-0.3, -0.25) is 9.59 Å². The number of amides is 1. The molecule has 108 valence electrons. The molecule has 6 heteroatoms. The first kappa shape index (κ1) is 15.3. The summed E-state index contributed by atoms with van der Waals surface area (Å²) in [4.78, 5) is 25.2. The Kier molecular flexibility index (Phi) is 4.70. The maximum absolute atomic E-state index is 12.5. The highest BCUT2D eigenvalue weighted by Crippen LogP contribution is 2.27. The number of piperidine rings is 1. The van der Waals surface area contributed by atoms with Gasteiger partial charge in [-0.1, -0.05) is 11.6 Å². The molecule has 1 N–H and O–H groups in total. The quantitative estimate of drug-likeness (QED) is 0.879. The highest BCUT2D eigenvalue weighted by Gasteiger charge is 2.33. The molecule has 0 bridgehead atoms. The summed E-state index contributed by atoms with van der Waals surface area (Å²) in [6.45, 7) is 2.20. The Balaban J connectivity index is 2.21. The summed E-state index contributed by atoms with van der Waals surface area (Å²) in [5, 5.41) is 9.65. The van der Waals surface area contributed by atoms with Crippen molar-refractivity contribution in [1.29, 1.82) is 0 Å². The average molecular weight is 361 g/mol. The van der Waals surface area contributed by atoms with E-state index in [9.17, 15) is 9.59 Å². The number of halogens is 2. The lowest BCUT2D eigenvalue weighted by atomic mass is 9.93. The lowest BCUT2D eigenvalue weighted by molar-refractivity contribution is -0.143. The van der Waals surface area contributed by atoms with Gasteiger partial charge in [-0.2, -0.15) is 0 Å². The summed E-state index contributed by atoms with van der Waals surface area (Å²) in [5.41, 5.74) is 0.513. The van der Waals surface area contributed by atoms with Crippen LogP contribution in [-0.4, -0.2) is 34.5 Å². The fourth-order valence-electron chi connectivity index (χ4n) is 2.39. The van der Waals surface area contributed by atoms with E-state index in [0.717, 1.165) is 0 Å². The van der Waals surface area contributed by atoms with Gasteiger partial charge in [-0.15, -0.1) is 0 Å². The molecule has 1 aromatic rings. The number of hydrogen-bond donors (Lipinski definition) is 1. The molecule has 0 radical (unpaired) electrons. The van der Waals surface area contributed by atoms with Crippen LogP contribution in [0.15, 0.2) is 22.7 Å². The SMILES string of the molecule is CC1CCC(C(=O)O)CN1C(=O)c1ccc(Cl)c(Br)c1. The number of hydrogen-bond acceptors (Lipinski definition) is 2. The standard InChI is InChI=1S/C14H15BrClNO3/c1-8-2-3-10(14(19)20)7-17(8)13(18)9-4-5-12(16)11(15)6-9/h4-6,8,10H,2-3,7H2,1H3,(H,19,20). The van der Waals surface area contributed by atoms with E-state index in [4.69, 9.17) is 16.7 Å². The third-order valence-corrected chi connectivity index (χ3v) is 4.87. The Labute approximate surface area is 130 Å². The van der Waals surface area contributed by atoms with Crippen LogP contribution < -0.4 is 0 Å². The number of nitrogens with zero attached hydrogens (tertiary/aromatic N) is 1. The van der Waals surface area contributed by atoms with Crippen LogP contribution in [0.25, 0.3) is 0 Å². The second kappa shape index (κ2) is 6.14. The number of rotatable bonds is 2. The Hall–Kier alpha value is -1.07. The van der Waals surface area contributed by atoms with E-state index in [-0.39, 0.29) is 18.5 Å². The molecule has 0 aromatic heterocycles. The summed E-state index contributed by atoms with van der Waals surface area (Å²) in [5.74, 6) is -1.47. The summed E-state index contributed by atoms with van der Waals surface area (Å²) in [7, 11) is 0. The van der Waals surface area contributed by atoms with Crippen molar-refractivity contribution >= 4 is 39.4 Å². The van der Waals surface area contributed by atoms with Gasteiger partial charge in [0.2, 0.25) is 0 Å². The van der Waals surface area contributed by atoms with E-state index in [0.29, 0.717) is 27.9 Å². The van der Waals surface area contributed by atoms with Crippen molar-refractivity contribution in [1.82, 2.24) is 4.90 Å². The molecule has 4 nitrogen and oxygen atoms in total. The van der Waals surface area contributed by atoms with E-state index in [2.05, 4.69) is 15.9 Å². The Morgan fingerprint density at radius 3 is 2.70 bits per heavy atom. The molecule has 1 saturated heterocycles. The zero-order chi connectivity index (χ0) is 14.9. The maximum Gasteiger partial charge on any atom is 0.308 e. The van der Waals surface area contributed by atoms with E-state index >= 15 is 0 Å². The zero-order valence-corrected chi connectivity index (χ0v) is 13.3. The monoisotopic (exact) mass is 359 g/mol. The van der Waals surface area contributed by atoms with Crippen molar-refractivity contribution in [2.24, 2.45) is 5.92 Å². The number of carbonyl (C=O) groups is 2. The van der Waals surface area contributed by atoms with Crippen molar-refractivity contribution in [3.05, 3.63) is 33.3 Å². The first-order valence-corrected chi connectivity index (χ1v) is 7.56. The molecular weight excluding hydrogens is 346 g/mol. The summed E-state index contributed by atoms with van der Waals surface area (Å²) in [6.07, 6.45) is 1.32. The van der Waals surface area contributed by atoms with Gasteiger partial charge in [-0.05, 0) is 53.9 Å². The van der Waals surface area contributed by atoms with Crippen molar-refractivity contribution in [3.8, 4) is 0 Å². The third-order valence-electron chi connectivity index (χ3n) is 3.66. The third kappa shape index (κ3) is 3.15. The summed E-state index contributed by atoms with van der Waals surface area (Å²) in [6, 6.07) is 5.03. The van der Waals surface area contributed by atoms with Crippen molar-refractivity contribution in [3.63, 3.8) is 0 Å². The Bertz CT molecular complexity index is 549. The molecule has 1 amide bonds. The van der Waals surface area contributed by atoms with Gasteiger partial charge in [0.25, 0.3) is 5.91 Å². The van der Waals surface area contributed by atoms with Gasteiger partial charge >= 0.3 is 5.97 Å². The van der Waals surface area contributed by atoms with Crippen molar-refractivity contribution in [2.75, 3.05) is 6.54 Å². The van der Waals surface area contributed by atoms with E-state index < -0.39 is 11.9 Å². The van der Waals surface area contributed by atoms with Crippen molar-refractivity contribution < 1.29 is 14.7 Å². The van der Waals surface area contributed by atoms with Gasteiger partial charge in [0, 0.05) is 22.6 Å². The van der Waals surface area contributed by atoms with Gasteiger partial charge in [0.15, 0.2) is 0 Å². The second-order valence-corrected chi connectivity index (χ2v) is 6.31. The normalized spacial score (nSPS) is 22.6. The molecule has 0 saturated carbocycles. The minimum Gasteiger partial charge on any atom is -0.481 e. The van der Waals surface area contributed by atoms with Gasteiger partial charge < -0.3 is 10.0 Å². The minimum atomic E-state index is -0.841. The number of carbonyl (C=O) groups excluding carboxylic acids is 1. The lowest BCUT2D eigenvalue weighted by Crippen LogP contribution is -2.47. The Morgan fingerprint density at radius 2 is 2.10 bits per heavy atom. The summed E-state index contributed by atoms with van der Waals surface area (Å²) >= 11 is 9.21. The molecule has 2 rings (SSSR count). The fraction of sp³-hybridized carbons (Fsp3) is 0.429. The molecule has 2 atom stereocenters. The number of aliphatic carboxylic acids is 1. The number of benzene rings is 1. The summed E-state index contributed by atoms with van der Waals surface area (Å²) < 4.78 is 0.657. The van der Waals surface area contributed by atoms with E-state index in [1.807, 2.05) is 6.92 Å². The molecule has 2 unspecified atom stereocenters. The largest absolute Gasteiger partial charge is 0.481 e. The molecular formula is C14H15BrClNO3. The highest BCUT2D eigenvalue weighted by molar-refractivity contribution is 9.10. The molecule has 0 aliphatic carbocycles. The van der Waals surface area contributed by atoms with Gasteiger partial charge in [0.1, 0.15) is 0 Å². The molecule has 0 spiro atoms. The average Bonchev–Trinajstić information content (AvgIpc) is 2.41. The second-order valence-electron chi connectivity index (χ2n) is 5.05. The highest BCUT2D eigenvalue weighted by atomic mass is 79.9. The smallest absolute Gasteiger partial charge is 0.308 e. The van der Waals surface area contributed by atoms with Crippen LogP contribution in [0.3, 0.4) is 0 Å². The van der Waals surface area contributed by atoms with Crippen LogP contribution in [0.2, 0.25) is 5.02 Å². The molecule has 1 aromatic carbocycles. The van der Waals surface area contributed by atoms with Crippen LogP contribution >= 0.6 is 27.5 Å². The van der Waals surface area contributed by atoms with Crippen LogP contribution in [0, 0.1) is 5.92 Å². The predicted octanol–water partition coefficient (Wildman–Crippen LogP) is 3.43.